The number of ether oxygens (including phenoxy) is 3. The highest BCUT2D eigenvalue weighted by Gasteiger charge is 2.33. The van der Waals surface area contributed by atoms with Crippen molar-refractivity contribution in [2.45, 2.75) is 25.5 Å². The number of benzene rings is 1. The molecule has 0 spiro atoms. The highest BCUT2D eigenvalue weighted by molar-refractivity contribution is 5.62. The van der Waals surface area contributed by atoms with Crippen LogP contribution in [-0.4, -0.2) is 43.6 Å². The van der Waals surface area contributed by atoms with E-state index in [0.717, 1.165) is 24.3 Å². The van der Waals surface area contributed by atoms with E-state index in [1.54, 1.807) is 14.0 Å². The van der Waals surface area contributed by atoms with Gasteiger partial charge in [-0.3, -0.25) is 4.90 Å². The molecule has 112 valence electrons. The Labute approximate surface area is 124 Å². The van der Waals surface area contributed by atoms with Gasteiger partial charge in [-0.05, 0) is 32.0 Å². The molecule has 5 heteroatoms. The summed E-state index contributed by atoms with van der Waals surface area (Å²) in [4.78, 5) is 2.16. The topological polar surface area (TPSA) is 51.2 Å². The average molecular weight is 289 g/mol. The highest BCUT2D eigenvalue weighted by Crippen LogP contribution is 2.49. The van der Waals surface area contributed by atoms with E-state index in [0.29, 0.717) is 11.5 Å². The summed E-state index contributed by atoms with van der Waals surface area (Å²) >= 11 is 0. The molecule has 5 nitrogen and oxygen atoms in total. The van der Waals surface area contributed by atoms with Crippen molar-refractivity contribution in [2.75, 3.05) is 27.5 Å². The van der Waals surface area contributed by atoms with Gasteiger partial charge in [-0.2, -0.15) is 0 Å². The van der Waals surface area contributed by atoms with Gasteiger partial charge in [-0.1, -0.05) is 11.8 Å². The zero-order valence-corrected chi connectivity index (χ0v) is 12.5. The lowest BCUT2D eigenvalue weighted by Gasteiger charge is -2.32. The molecule has 0 saturated carbocycles. The van der Waals surface area contributed by atoms with Gasteiger partial charge in [0.15, 0.2) is 11.5 Å². The van der Waals surface area contributed by atoms with Gasteiger partial charge in [0.1, 0.15) is 12.1 Å². The lowest BCUT2D eigenvalue weighted by Crippen LogP contribution is -2.32. The van der Waals surface area contributed by atoms with E-state index in [-0.39, 0.29) is 12.8 Å². The maximum absolute atomic E-state index is 9.43. The maximum atomic E-state index is 9.43. The van der Waals surface area contributed by atoms with Gasteiger partial charge >= 0.3 is 0 Å². The lowest BCUT2D eigenvalue weighted by atomic mass is 9.91. The second-order valence-corrected chi connectivity index (χ2v) is 5.31. The van der Waals surface area contributed by atoms with E-state index in [9.17, 15) is 5.11 Å². The highest BCUT2D eigenvalue weighted by atomic mass is 16.7. The number of aliphatic hydroxyl groups excluding tert-OH is 1. The van der Waals surface area contributed by atoms with Gasteiger partial charge in [0, 0.05) is 12.1 Å². The van der Waals surface area contributed by atoms with Crippen LogP contribution in [0.1, 0.15) is 24.1 Å². The first-order valence-corrected chi connectivity index (χ1v) is 7.00. The van der Waals surface area contributed by atoms with E-state index in [1.807, 2.05) is 13.1 Å². The Morgan fingerprint density at radius 1 is 1.48 bits per heavy atom. The molecule has 0 fully saturated rings. The Morgan fingerprint density at radius 2 is 2.29 bits per heavy atom. The Bertz CT molecular complexity index is 615. The van der Waals surface area contributed by atoms with Crippen molar-refractivity contribution in [3.05, 3.63) is 17.2 Å². The molecule has 2 aliphatic heterocycles. The van der Waals surface area contributed by atoms with E-state index in [2.05, 4.69) is 16.7 Å². The van der Waals surface area contributed by atoms with Gasteiger partial charge in [0.25, 0.3) is 0 Å². The summed E-state index contributed by atoms with van der Waals surface area (Å²) in [5.74, 6) is 8.06. The standard InChI is InChI=1S/C16H19NO4/c1-10(18)4-5-12-14-11(6-7-17(12)2)8-13-15(16(14)19-3)21-9-20-13/h8,10,12,18H,6-7,9H2,1-3H3/t10-,12-/m0/s1. The normalized spacial score (nSPS) is 21.2. The second kappa shape index (κ2) is 5.47. The molecular formula is C16H19NO4. The van der Waals surface area contributed by atoms with Crippen LogP contribution in [0.2, 0.25) is 0 Å². The number of rotatable bonds is 1. The molecule has 0 aromatic heterocycles. The van der Waals surface area contributed by atoms with Crippen molar-refractivity contribution in [1.82, 2.24) is 4.90 Å². The first-order valence-electron chi connectivity index (χ1n) is 7.00. The van der Waals surface area contributed by atoms with Gasteiger partial charge in [-0.25, -0.2) is 0 Å². The first kappa shape index (κ1) is 14.1. The number of hydrogen-bond donors (Lipinski definition) is 1. The predicted molar refractivity (Wildman–Crippen MR) is 77.6 cm³/mol. The van der Waals surface area contributed by atoms with Crippen LogP contribution in [0.3, 0.4) is 0 Å². The van der Waals surface area contributed by atoms with E-state index in [1.165, 1.54) is 5.56 Å². The quantitative estimate of drug-likeness (QED) is 0.791. The third-order valence-corrected chi connectivity index (χ3v) is 3.82. The molecule has 1 N–H and O–H groups in total. The number of aliphatic hydroxyl groups is 1. The van der Waals surface area contributed by atoms with Crippen molar-refractivity contribution in [1.29, 1.82) is 0 Å². The van der Waals surface area contributed by atoms with Crippen LogP contribution in [-0.2, 0) is 6.42 Å². The number of methoxy groups -OCH3 is 1. The van der Waals surface area contributed by atoms with Crippen LogP contribution in [0.5, 0.6) is 17.2 Å². The molecule has 0 unspecified atom stereocenters. The molecule has 0 bridgehead atoms. The molecule has 2 aliphatic rings. The van der Waals surface area contributed by atoms with Crippen LogP contribution < -0.4 is 14.2 Å². The minimum Gasteiger partial charge on any atom is -0.492 e. The summed E-state index contributed by atoms with van der Waals surface area (Å²) in [6.45, 7) is 2.77. The van der Waals surface area contributed by atoms with Gasteiger partial charge in [0.05, 0.1) is 7.11 Å². The molecule has 2 heterocycles. The minimum absolute atomic E-state index is 0.118. The Hall–Kier alpha value is -1.90. The monoisotopic (exact) mass is 289 g/mol. The maximum Gasteiger partial charge on any atom is 0.231 e. The average Bonchev–Trinajstić information content (AvgIpc) is 2.91. The zero-order valence-electron chi connectivity index (χ0n) is 12.5. The summed E-state index contributed by atoms with van der Waals surface area (Å²) < 4.78 is 16.6. The smallest absolute Gasteiger partial charge is 0.231 e. The summed E-state index contributed by atoms with van der Waals surface area (Å²) in [7, 11) is 3.65. The molecular weight excluding hydrogens is 270 g/mol. The van der Waals surface area contributed by atoms with Crippen molar-refractivity contribution in [3.63, 3.8) is 0 Å². The molecule has 1 aromatic rings. The van der Waals surface area contributed by atoms with Crippen LogP contribution in [0, 0.1) is 11.8 Å². The summed E-state index contributed by atoms with van der Waals surface area (Å²) in [5, 5.41) is 9.43. The first-order chi connectivity index (χ1) is 10.1. The zero-order chi connectivity index (χ0) is 15.0. The van der Waals surface area contributed by atoms with E-state index < -0.39 is 6.10 Å². The fraction of sp³-hybridized carbons (Fsp3) is 0.500. The minimum atomic E-state index is -0.649. The predicted octanol–water partition coefficient (Wildman–Crippen LogP) is 1.34. The SMILES string of the molecule is COc1c2c(cc3c1[C@H](C#C[C@H](C)O)N(C)CC3)OCO2. The molecule has 3 rings (SSSR count). The Kier molecular flexibility index (Phi) is 3.66. The molecule has 1 aromatic carbocycles. The number of likely N-dealkylation sites (N-methyl/N-ethyl adjacent to an activating group) is 1. The van der Waals surface area contributed by atoms with Gasteiger partial charge in [-0.15, -0.1) is 0 Å². The molecule has 0 saturated heterocycles. The van der Waals surface area contributed by atoms with Gasteiger partial charge in [0.2, 0.25) is 12.5 Å². The van der Waals surface area contributed by atoms with E-state index in [4.69, 9.17) is 14.2 Å². The molecule has 0 radical (unpaired) electrons. The van der Waals surface area contributed by atoms with Crippen LogP contribution in [0.15, 0.2) is 6.07 Å². The fourth-order valence-corrected chi connectivity index (χ4v) is 2.81. The summed E-state index contributed by atoms with van der Waals surface area (Å²) in [5.41, 5.74) is 2.18. The van der Waals surface area contributed by atoms with Crippen molar-refractivity contribution < 1.29 is 19.3 Å². The van der Waals surface area contributed by atoms with Crippen molar-refractivity contribution >= 4 is 0 Å². The van der Waals surface area contributed by atoms with Crippen LogP contribution in [0.25, 0.3) is 0 Å². The van der Waals surface area contributed by atoms with E-state index >= 15 is 0 Å². The number of fused-ring (bicyclic) bond motifs is 2. The third-order valence-electron chi connectivity index (χ3n) is 3.82. The molecule has 0 amide bonds. The number of nitrogens with zero attached hydrogens (tertiary/aromatic N) is 1. The van der Waals surface area contributed by atoms with Crippen molar-refractivity contribution in [2.24, 2.45) is 0 Å². The van der Waals surface area contributed by atoms with Crippen LogP contribution in [0.4, 0.5) is 0 Å². The van der Waals surface area contributed by atoms with Gasteiger partial charge < -0.3 is 19.3 Å². The fourth-order valence-electron chi connectivity index (χ4n) is 2.81. The van der Waals surface area contributed by atoms with Crippen molar-refractivity contribution in [3.8, 4) is 29.1 Å². The molecule has 21 heavy (non-hydrogen) atoms. The van der Waals surface area contributed by atoms with Crippen LogP contribution >= 0.6 is 0 Å². The third kappa shape index (κ3) is 2.41. The molecule has 0 aliphatic carbocycles. The lowest BCUT2D eigenvalue weighted by molar-refractivity contribution is 0.171. The Balaban J connectivity index is 2.14. The Morgan fingerprint density at radius 3 is 3.00 bits per heavy atom. The number of hydrogen-bond acceptors (Lipinski definition) is 5. The summed E-state index contributed by atoms with van der Waals surface area (Å²) in [6, 6.07) is 1.90. The largest absolute Gasteiger partial charge is 0.492 e. The second-order valence-electron chi connectivity index (χ2n) is 5.31. The summed E-state index contributed by atoms with van der Waals surface area (Å²) in [6.07, 6.45) is 0.259. The molecule has 2 atom stereocenters.